The summed E-state index contributed by atoms with van der Waals surface area (Å²) in [6.45, 7) is 2.76. The number of carbonyl (C=O) groups excluding carboxylic acids is 2. The van der Waals surface area contributed by atoms with Crippen molar-refractivity contribution in [3.05, 3.63) is 53.7 Å². The smallest absolute Gasteiger partial charge is 0.291 e. The summed E-state index contributed by atoms with van der Waals surface area (Å²) in [5.74, 6) is 1.54. The number of benzene rings is 1. The fraction of sp³-hybridized carbons (Fsp3) is 0.250. The number of hydrogen-bond donors (Lipinski definition) is 2. The van der Waals surface area contributed by atoms with Crippen molar-refractivity contribution in [2.75, 3.05) is 19.2 Å². The van der Waals surface area contributed by atoms with Crippen LogP contribution in [0.1, 0.15) is 33.7 Å². The number of aromatic nitrogens is 2. The molecule has 2 amide bonds. The highest BCUT2D eigenvalue weighted by Gasteiger charge is 2.20. The van der Waals surface area contributed by atoms with Gasteiger partial charge in [0.05, 0.1) is 5.69 Å². The molecule has 10 heteroatoms. The van der Waals surface area contributed by atoms with E-state index in [0.29, 0.717) is 35.2 Å². The summed E-state index contributed by atoms with van der Waals surface area (Å²) in [5.41, 5.74) is 0.432. The quantitative estimate of drug-likeness (QED) is 0.612. The van der Waals surface area contributed by atoms with Crippen LogP contribution in [0.2, 0.25) is 0 Å². The Bertz CT molecular complexity index is 1090. The first-order valence-electron chi connectivity index (χ1n) is 9.29. The van der Waals surface area contributed by atoms with Gasteiger partial charge in [0.25, 0.3) is 11.8 Å². The number of amides is 2. The van der Waals surface area contributed by atoms with Crippen LogP contribution in [0.25, 0.3) is 0 Å². The van der Waals surface area contributed by atoms with Gasteiger partial charge in [0.2, 0.25) is 6.79 Å². The number of fused-ring (bicyclic) bond motifs is 1. The molecule has 0 saturated heterocycles. The van der Waals surface area contributed by atoms with E-state index < -0.39 is 11.8 Å². The zero-order valence-corrected chi connectivity index (χ0v) is 16.4. The Balaban J connectivity index is 1.41. The zero-order chi connectivity index (χ0) is 21.1. The highest BCUT2D eigenvalue weighted by molar-refractivity contribution is 6.06. The molecule has 2 N–H and O–H groups in total. The van der Waals surface area contributed by atoms with Gasteiger partial charge in [0, 0.05) is 25.9 Å². The summed E-state index contributed by atoms with van der Waals surface area (Å²) < 4.78 is 23.4. The molecule has 0 fully saturated rings. The summed E-state index contributed by atoms with van der Waals surface area (Å²) in [7, 11) is 1.50. The monoisotopic (exact) mass is 412 g/mol. The molecule has 0 unspecified atom stereocenters. The predicted molar refractivity (Wildman–Crippen MR) is 105 cm³/mol. The number of nitrogens with one attached hydrogen (secondary N) is 2. The number of carbonyl (C=O) groups is 2. The van der Waals surface area contributed by atoms with Gasteiger partial charge >= 0.3 is 0 Å². The lowest BCUT2D eigenvalue weighted by atomic mass is 10.3. The number of aryl methyl sites for hydroxylation is 1. The zero-order valence-electron chi connectivity index (χ0n) is 16.4. The SMILES string of the molecule is CCn1cc(NC(=O)c2ccc(COc3ccc4c(c3)OCO4)o2)c(C(=O)NC)n1. The Morgan fingerprint density at radius 1 is 1.17 bits per heavy atom. The first kappa shape index (κ1) is 19.4. The van der Waals surface area contributed by atoms with E-state index in [2.05, 4.69) is 15.7 Å². The molecular formula is C20H20N4O6. The minimum absolute atomic E-state index is 0.0893. The molecule has 156 valence electrons. The molecule has 0 aliphatic carbocycles. The van der Waals surface area contributed by atoms with Crippen molar-refractivity contribution in [1.82, 2.24) is 15.1 Å². The fourth-order valence-corrected chi connectivity index (χ4v) is 2.84. The van der Waals surface area contributed by atoms with E-state index in [9.17, 15) is 9.59 Å². The Kier molecular flexibility index (Phi) is 5.29. The Hall–Kier alpha value is -3.95. The second kappa shape index (κ2) is 8.19. The highest BCUT2D eigenvalue weighted by Crippen LogP contribution is 2.35. The molecule has 10 nitrogen and oxygen atoms in total. The second-order valence-corrected chi connectivity index (χ2v) is 6.35. The highest BCUT2D eigenvalue weighted by atomic mass is 16.7. The maximum atomic E-state index is 12.5. The number of rotatable bonds is 7. The lowest BCUT2D eigenvalue weighted by Gasteiger charge is -2.05. The lowest BCUT2D eigenvalue weighted by Crippen LogP contribution is -2.21. The average molecular weight is 412 g/mol. The molecular weight excluding hydrogens is 392 g/mol. The van der Waals surface area contributed by atoms with E-state index in [1.54, 1.807) is 35.1 Å². The van der Waals surface area contributed by atoms with E-state index >= 15 is 0 Å². The number of anilines is 1. The summed E-state index contributed by atoms with van der Waals surface area (Å²) in [4.78, 5) is 24.5. The van der Waals surface area contributed by atoms with Gasteiger partial charge in [0.1, 0.15) is 18.1 Å². The Morgan fingerprint density at radius 2 is 2.00 bits per heavy atom. The summed E-state index contributed by atoms with van der Waals surface area (Å²) in [6, 6.07) is 8.44. The van der Waals surface area contributed by atoms with E-state index in [4.69, 9.17) is 18.6 Å². The van der Waals surface area contributed by atoms with Crippen molar-refractivity contribution in [2.45, 2.75) is 20.1 Å². The first-order valence-corrected chi connectivity index (χ1v) is 9.29. The van der Waals surface area contributed by atoms with Crippen molar-refractivity contribution in [3.63, 3.8) is 0 Å². The third-order valence-corrected chi connectivity index (χ3v) is 4.39. The first-order chi connectivity index (χ1) is 14.6. The van der Waals surface area contributed by atoms with Crippen LogP contribution in [0.15, 0.2) is 40.9 Å². The largest absolute Gasteiger partial charge is 0.486 e. The van der Waals surface area contributed by atoms with Crippen molar-refractivity contribution < 1.29 is 28.2 Å². The lowest BCUT2D eigenvalue weighted by molar-refractivity contribution is 0.0958. The standard InChI is InChI=1S/C20H20N4O6/c1-3-24-9-14(18(23-24)20(26)21-2)22-19(25)16-7-5-13(30-16)10-27-12-4-6-15-17(8-12)29-11-28-15/h4-9H,3,10-11H2,1-2H3,(H,21,26)(H,22,25). The molecule has 3 heterocycles. The molecule has 1 aliphatic heterocycles. The van der Waals surface area contributed by atoms with Crippen LogP contribution in [0.5, 0.6) is 17.2 Å². The van der Waals surface area contributed by atoms with Crippen LogP contribution >= 0.6 is 0 Å². The maximum Gasteiger partial charge on any atom is 0.291 e. The van der Waals surface area contributed by atoms with Gasteiger partial charge in [-0.1, -0.05) is 0 Å². The molecule has 0 atom stereocenters. The maximum absolute atomic E-state index is 12.5. The van der Waals surface area contributed by atoms with Crippen molar-refractivity contribution >= 4 is 17.5 Å². The number of nitrogens with zero attached hydrogens (tertiary/aromatic N) is 2. The van der Waals surface area contributed by atoms with Crippen LogP contribution < -0.4 is 24.8 Å². The third kappa shape index (κ3) is 3.93. The Labute approximate surface area is 171 Å². The average Bonchev–Trinajstić information content (AvgIpc) is 3.50. The number of ether oxygens (including phenoxy) is 3. The minimum atomic E-state index is -0.495. The number of furan rings is 1. The van der Waals surface area contributed by atoms with E-state index in [1.165, 1.54) is 13.1 Å². The molecule has 30 heavy (non-hydrogen) atoms. The molecule has 0 saturated carbocycles. The third-order valence-electron chi connectivity index (χ3n) is 4.39. The molecule has 0 bridgehead atoms. The van der Waals surface area contributed by atoms with Crippen LogP contribution in [0.4, 0.5) is 5.69 Å². The second-order valence-electron chi connectivity index (χ2n) is 6.35. The predicted octanol–water partition coefficient (Wildman–Crippen LogP) is 2.42. The molecule has 1 aromatic carbocycles. The normalized spacial score (nSPS) is 11.9. The van der Waals surface area contributed by atoms with Crippen LogP contribution in [0, 0.1) is 0 Å². The molecule has 1 aliphatic rings. The summed E-state index contributed by atoms with van der Waals surface area (Å²) >= 11 is 0. The molecule has 0 radical (unpaired) electrons. The van der Waals surface area contributed by atoms with Gasteiger partial charge in [-0.05, 0) is 31.2 Å². The fourth-order valence-electron chi connectivity index (χ4n) is 2.84. The van der Waals surface area contributed by atoms with E-state index in [0.717, 1.165) is 0 Å². The minimum Gasteiger partial charge on any atom is -0.486 e. The van der Waals surface area contributed by atoms with Crippen molar-refractivity contribution in [2.24, 2.45) is 0 Å². The van der Waals surface area contributed by atoms with Crippen molar-refractivity contribution in [3.8, 4) is 17.2 Å². The van der Waals surface area contributed by atoms with Crippen LogP contribution in [-0.4, -0.2) is 35.4 Å². The molecule has 0 spiro atoms. The molecule has 4 rings (SSSR count). The summed E-state index contributed by atoms with van der Waals surface area (Å²) in [6.07, 6.45) is 1.59. The molecule has 2 aromatic heterocycles. The van der Waals surface area contributed by atoms with Gasteiger partial charge < -0.3 is 29.3 Å². The van der Waals surface area contributed by atoms with Crippen molar-refractivity contribution in [1.29, 1.82) is 0 Å². The Morgan fingerprint density at radius 3 is 2.80 bits per heavy atom. The van der Waals surface area contributed by atoms with Crippen LogP contribution in [0.3, 0.4) is 0 Å². The topological polar surface area (TPSA) is 117 Å². The van der Waals surface area contributed by atoms with E-state index in [-0.39, 0.29) is 24.9 Å². The van der Waals surface area contributed by atoms with E-state index in [1.807, 2.05) is 6.92 Å². The summed E-state index contributed by atoms with van der Waals surface area (Å²) in [5, 5.41) is 9.32. The van der Waals surface area contributed by atoms with Gasteiger partial charge in [-0.3, -0.25) is 14.3 Å². The number of hydrogen-bond acceptors (Lipinski definition) is 7. The molecule has 3 aromatic rings. The van der Waals surface area contributed by atoms with Gasteiger partial charge in [-0.2, -0.15) is 5.10 Å². The van der Waals surface area contributed by atoms with Gasteiger partial charge in [-0.15, -0.1) is 0 Å². The van der Waals surface area contributed by atoms with Gasteiger partial charge in [0.15, 0.2) is 23.0 Å². The van der Waals surface area contributed by atoms with Crippen LogP contribution in [-0.2, 0) is 13.2 Å². The van der Waals surface area contributed by atoms with Gasteiger partial charge in [-0.25, -0.2) is 0 Å².